The van der Waals surface area contributed by atoms with E-state index in [0.29, 0.717) is 11.5 Å². The highest BCUT2D eigenvalue weighted by Crippen LogP contribution is 2.28. The van der Waals surface area contributed by atoms with Gasteiger partial charge in [0.2, 0.25) is 0 Å². The zero-order valence-corrected chi connectivity index (χ0v) is 10.9. The highest BCUT2D eigenvalue weighted by molar-refractivity contribution is 5.22. The van der Waals surface area contributed by atoms with Crippen LogP contribution in [0, 0.1) is 17.6 Å². The first-order chi connectivity index (χ1) is 8.61. The molecule has 0 aromatic heterocycles. The van der Waals surface area contributed by atoms with Crippen molar-refractivity contribution in [1.29, 1.82) is 0 Å². The quantitative estimate of drug-likeness (QED) is 0.888. The molecule has 2 unspecified atom stereocenters. The Morgan fingerprint density at radius 2 is 2.22 bits per heavy atom. The zero-order chi connectivity index (χ0) is 13.1. The number of likely N-dealkylation sites (tertiary alicyclic amines) is 1. The van der Waals surface area contributed by atoms with Crippen LogP contribution in [-0.4, -0.2) is 31.6 Å². The van der Waals surface area contributed by atoms with Crippen molar-refractivity contribution in [3.05, 3.63) is 35.4 Å². The van der Waals surface area contributed by atoms with Crippen molar-refractivity contribution in [3.8, 4) is 0 Å². The number of halogens is 2. The van der Waals surface area contributed by atoms with Crippen molar-refractivity contribution in [3.63, 3.8) is 0 Å². The average Bonchev–Trinajstić information content (AvgIpc) is 2.77. The molecule has 2 rings (SSSR count). The molecule has 4 heteroatoms. The SMILES string of the molecule is CNCC1CCN(C(C)c2ccc(F)cc2F)C1. The Morgan fingerprint density at radius 1 is 1.44 bits per heavy atom. The van der Waals surface area contributed by atoms with E-state index in [1.165, 1.54) is 6.07 Å². The fourth-order valence-corrected chi connectivity index (χ4v) is 2.71. The first-order valence-corrected chi connectivity index (χ1v) is 6.45. The highest BCUT2D eigenvalue weighted by atomic mass is 19.1. The van der Waals surface area contributed by atoms with Gasteiger partial charge in [0.05, 0.1) is 0 Å². The van der Waals surface area contributed by atoms with Crippen molar-refractivity contribution >= 4 is 0 Å². The number of hydrogen-bond acceptors (Lipinski definition) is 2. The zero-order valence-electron chi connectivity index (χ0n) is 10.9. The molecule has 2 atom stereocenters. The third-order valence-electron chi connectivity index (χ3n) is 3.77. The first-order valence-electron chi connectivity index (χ1n) is 6.45. The van der Waals surface area contributed by atoms with Crippen LogP contribution in [0.1, 0.15) is 24.9 Å². The van der Waals surface area contributed by atoms with E-state index in [1.807, 2.05) is 14.0 Å². The van der Waals surface area contributed by atoms with E-state index in [1.54, 1.807) is 6.07 Å². The van der Waals surface area contributed by atoms with Gasteiger partial charge in [0.25, 0.3) is 0 Å². The summed E-state index contributed by atoms with van der Waals surface area (Å²) in [6.07, 6.45) is 1.13. The molecule has 0 aliphatic carbocycles. The standard InChI is InChI=1S/C14H20F2N2/c1-10(13-4-3-12(15)7-14(13)16)18-6-5-11(9-18)8-17-2/h3-4,7,10-11,17H,5-6,8-9H2,1-2H3. The molecular weight excluding hydrogens is 234 g/mol. The minimum Gasteiger partial charge on any atom is -0.319 e. The van der Waals surface area contributed by atoms with E-state index in [0.717, 1.165) is 32.1 Å². The van der Waals surface area contributed by atoms with Crippen LogP contribution in [0.5, 0.6) is 0 Å². The summed E-state index contributed by atoms with van der Waals surface area (Å²) in [7, 11) is 1.95. The second-order valence-corrected chi connectivity index (χ2v) is 5.05. The third kappa shape index (κ3) is 2.87. The average molecular weight is 254 g/mol. The summed E-state index contributed by atoms with van der Waals surface area (Å²) in [6.45, 7) is 4.93. The van der Waals surface area contributed by atoms with Crippen LogP contribution >= 0.6 is 0 Å². The monoisotopic (exact) mass is 254 g/mol. The van der Waals surface area contributed by atoms with Gasteiger partial charge >= 0.3 is 0 Å². The van der Waals surface area contributed by atoms with Crippen molar-refractivity contribution in [2.75, 3.05) is 26.7 Å². The maximum Gasteiger partial charge on any atom is 0.130 e. The van der Waals surface area contributed by atoms with Crippen LogP contribution in [0.3, 0.4) is 0 Å². The van der Waals surface area contributed by atoms with Gasteiger partial charge in [-0.3, -0.25) is 4.90 Å². The lowest BCUT2D eigenvalue weighted by Gasteiger charge is -2.25. The van der Waals surface area contributed by atoms with Gasteiger partial charge < -0.3 is 5.32 Å². The molecule has 100 valence electrons. The van der Waals surface area contributed by atoms with Gasteiger partial charge in [-0.1, -0.05) is 6.07 Å². The Kier molecular flexibility index (Phi) is 4.30. The van der Waals surface area contributed by atoms with Gasteiger partial charge in [-0.25, -0.2) is 8.78 Å². The minimum absolute atomic E-state index is 0.00690. The fraction of sp³-hybridized carbons (Fsp3) is 0.571. The summed E-state index contributed by atoms with van der Waals surface area (Å²) in [4.78, 5) is 2.26. The maximum absolute atomic E-state index is 13.7. The second-order valence-electron chi connectivity index (χ2n) is 5.05. The van der Waals surface area contributed by atoms with Crippen LogP contribution in [0.2, 0.25) is 0 Å². The van der Waals surface area contributed by atoms with Gasteiger partial charge in [0.1, 0.15) is 11.6 Å². The summed E-state index contributed by atoms with van der Waals surface area (Å²) in [5, 5.41) is 3.18. The summed E-state index contributed by atoms with van der Waals surface area (Å²) >= 11 is 0. The van der Waals surface area contributed by atoms with Crippen LogP contribution in [0.25, 0.3) is 0 Å². The van der Waals surface area contributed by atoms with Gasteiger partial charge in [-0.05, 0) is 45.5 Å². The predicted octanol–water partition coefficient (Wildman–Crippen LogP) is 2.57. The molecule has 1 aliphatic rings. The van der Waals surface area contributed by atoms with E-state index >= 15 is 0 Å². The molecule has 1 aliphatic heterocycles. The lowest BCUT2D eigenvalue weighted by atomic mass is 10.1. The van der Waals surface area contributed by atoms with Crippen LogP contribution < -0.4 is 5.32 Å². The number of hydrogen-bond donors (Lipinski definition) is 1. The van der Waals surface area contributed by atoms with Crippen LogP contribution in [0.4, 0.5) is 8.78 Å². The van der Waals surface area contributed by atoms with Gasteiger partial charge in [-0.2, -0.15) is 0 Å². The molecule has 1 N–H and O–H groups in total. The first kappa shape index (κ1) is 13.4. The number of nitrogens with one attached hydrogen (secondary N) is 1. The third-order valence-corrected chi connectivity index (χ3v) is 3.77. The lowest BCUT2D eigenvalue weighted by molar-refractivity contribution is 0.247. The van der Waals surface area contributed by atoms with E-state index < -0.39 is 11.6 Å². The number of rotatable bonds is 4. The van der Waals surface area contributed by atoms with E-state index in [9.17, 15) is 8.78 Å². The van der Waals surface area contributed by atoms with Gasteiger partial charge in [-0.15, -0.1) is 0 Å². The van der Waals surface area contributed by atoms with Crippen molar-refractivity contribution in [2.45, 2.75) is 19.4 Å². The number of nitrogens with zero attached hydrogens (tertiary/aromatic N) is 1. The smallest absolute Gasteiger partial charge is 0.130 e. The molecule has 2 nitrogen and oxygen atoms in total. The van der Waals surface area contributed by atoms with Crippen molar-refractivity contribution in [2.24, 2.45) is 5.92 Å². The van der Waals surface area contributed by atoms with Crippen molar-refractivity contribution in [1.82, 2.24) is 10.2 Å². The van der Waals surface area contributed by atoms with E-state index in [-0.39, 0.29) is 6.04 Å². The van der Waals surface area contributed by atoms with Gasteiger partial charge in [0.15, 0.2) is 0 Å². The molecule has 0 saturated carbocycles. The fourth-order valence-electron chi connectivity index (χ4n) is 2.71. The molecule has 1 aromatic rings. The Bertz CT molecular complexity index is 409. The van der Waals surface area contributed by atoms with Crippen LogP contribution in [-0.2, 0) is 0 Å². The number of benzene rings is 1. The molecule has 1 aromatic carbocycles. The summed E-state index contributed by atoms with van der Waals surface area (Å²) in [5.41, 5.74) is 0.585. The van der Waals surface area contributed by atoms with Crippen LogP contribution in [0.15, 0.2) is 18.2 Å². The second kappa shape index (κ2) is 5.76. The summed E-state index contributed by atoms with van der Waals surface area (Å²) in [6, 6.07) is 3.86. The largest absolute Gasteiger partial charge is 0.319 e. The molecular formula is C14H20F2N2. The molecule has 1 fully saturated rings. The molecule has 0 spiro atoms. The molecule has 0 radical (unpaired) electrons. The predicted molar refractivity (Wildman–Crippen MR) is 68.4 cm³/mol. The Labute approximate surface area is 107 Å². The molecule has 0 bridgehead atoms. The topological polar surface area (TPSA) is 15.3 Å². The Balaban J connectivity index is 2.05. The van der Waals surface area contributed by atoms with E-state index in [2.05, 4.69) is 10.2 Å². The van der Waals surface area contributed by atoms with Gasteiger partial charge in [0, 0.05) is 24.2 Å². The molecule has 1 saturated heterocycles. The molecule has 1 heterocycles. The molecule has 18 heavy (non-hydrogen) atoms. The minimum atomic E-state index is -0.516. The van der Waals surface area contributed by atoms with E-state index in [4.69, 9.17) is 0 Å². The molecule has 0 amide bonds. The summed E-state index contributed by atoms with van der Waals surface area (Å²) in [5.74, 6) is -0.335. The Morgan fingerprint density at radius 3 is 2.89 bits per heavy atom. The highest BCUT2D eigenvalue weighted by Gasteiger charge is 2.27. The summed E-state index contributed by atoms with van der Waals surface area (Å²) < 4.78 is 26.6. The Hall–Kier alpha value is -1.00. The lowest BCUT2D eigenvalue weighted by Crippen LogP contribution is -2.27. The van der Waals surface area contributed by atoms with Crippen molar-refractivity contribution < 1.29 is 8.78 Å². The normalized spacial score (nSPS) is 22.3. The maximum atomic E-state index is 13.7.